The molecule has 0 aliphatic heterocycles. The summed E-state index contributed by atoms with van der Waals surface area (Å²) in [6, 6.07) is 10.3. The number of fused-ring (bicyclic) bond motifs is 6. The third-order valence-electron chi connectivity index (χ3n) is 4.31. The molecule has 3 heterocycles. The Morgan fingerprint density at radius 3 is 1.67 bits per heavy atom. The van der Waals surface area contributed by atoms with Gasteiger partial charge in [0.15, 0.2) is 11.4 Å². The summed E-state index contributed by atoms with van der Waals surface area (Å²) in [5.74, 6) is -0.418. The second-order valence-electron chi connectivity index (χ2n) is 5.80. The Kier molecular flexibility index (Phi) is 3.83. The molecule has 0 amide bonds. The van der Waals surface area contributed by atoms with Gasteiger partial charge in [0.1, 0.15) is 29.2 Å². The average molecular weight is 382 g/mol. The topological polar surface area (TPSA) is 155 Å². The molecular formula is C20H2N10. The molecule has 0 spiro atoms. The van der Waals surface area contributed by atoms with Gasteiger partial charge in [0.05, 0.1) is 17.2 Å². The van der Waals surface area contributed by atoms with E-state index >= 15 is 0 Å². The SMILES string of the molecule is [C-]#[N+]c1nc2c(cc1C#N)c1cc(C#N)c(C#N)nc1c1nc(C#N)c([N+]#[C-])nc21. The van der Waals surface area contributed by atoms with Crippen LogP contribution < -0.4 is 0 Å². The Morgan fingerprint density at radius 1 is 0.600 bits per heavy atom. The second kappa shape index (κ2) is 6.49. The molecule has 0 unspecified atom stereocenters. The van der Waals surface area contributed by atoms with E-state index in [2.05, 4.69) is 29.6 Å². The molecule has 3 aromatic heterocycles. The number of aromatic nitrogens is 4. The molecule has 30 heavy (non-hydrogen) atoms. The molecule has 0 saturated carbocycles. The van der Waals surface area contributed by atoms with Crippen molar-refractivity contribution in [2.24, 2.45) is 0 Å². The number of nitriles is 4. The van der Waals surface area contributed by atoms with Crippen LogP contribution in [0, 0.1) is 58.5 Å². The highest BCUT2D eigenvalue weighted by molar-refractivity contribution is 6.21. The first-order valence-electron chi connectivity index (χ1n) is 7.98. The summed E-state index contributed by atoms with van der Waals surface area (Å²) in [6.07, 6.45) is 0. The lowest BCUT2D eigenvalue weighted by Gasteiger charge is -2.07. The summed E-state index contributed by atoms with van der Waals surface area (Å²) in [6.45, 7) is 14.5. The van der Waals surface area contributed by atoms with Gasteiger partial charge in [-0.05, 0) is 12.1 Å². The highest BCUT2D eigenvalue weighted by Gasteiger charge is 2.24. The van der Waals surface area contributed by atoms with E-state index in [1.807, 2.05) is 18.2 Å². The van der Waals surface area contributed by atoms with Crippen LogP contribution in [-0.4, -0.2) is 19.9 Å². The van der Waals surface area contributed by atoms with Crippen LogP contribution in [0.5, 0.6) is 0 Å². The Labute approximate surface area is 167 Å². The van der Waals surface area contributed by atoms with Crippen molar-refractivity contribution in [3.05, 3.63) is 57.5 Å². The Hall–Kier alpha value is -5.68. The largest absolute Gasteiger partial charge is 0.360 e. The first kappa shape index (κ1) is 17.7. The van der Waals surface area contributed by atoms with E-state index in [1.165, 1.54) is 12.1 Å². The molecule has 1 aromatic carbocycles. The number of benzene rings is 1. The monoisotopic (exact) mass is 382 g/mol. The van der Waals surface area contributed by atoms with E-state index in [0.29, 0.717) is 10.8 Å². The van der Waals surface area contributed by atoms with Crippen molar-refractivity contribution in [1.29, 1.82) is 21.0 Å². The predicted molar refractivity (Wildman–Crippen MR) is 102 cm³/mol. The minimum atomic E-state index is -0.254. The fraction of sp³-hybridized carbons (Fsp3) is 0. The maximum atomic E-state index is 9.38. The third kappa shape index (κ3) is 2.31. The summed E-state index contributed by atoms with van der Waals surface area (Å²) in [5.41, 5.74) is 0.147. The van der Waals surface area contributed by atoms with Gasteiger partial charge in [0.2, 0.25) is 11.0 Å². The molecule has 0 atom stereocenters. The Balaban J connectivity index is 2.42. The molecule has 0 bridgehead atoms. The summed E-state index contributed by atoms with van der Waals surface area (Å²) < 4.78 is 0. The fourth-order valence-electron chi connectivity index (χ4n) is 3.04. The number of hydrogen-bond acceptors (Lipinski definition) is 8. The van der Waals surface area contributed by atoms with Crippen LogP contribution in [0.1, 0.15) is 22.5 Å². The molecule has 0 radical (unpaired) electrons. The lowest BCUT2D eigenvalue weighted by molar-refractivity contribution is 1.25. The molecule has 0 saturated heterocycles. The Bertz CT molecular complexity index is 1350. The number of hydrogen-bond donors (Lipinski definition) is 0. The van der Waals surface area contributed by atoms with Crippen molar-refractivity contribution < 1.29 is 0 Å². The molecule has 132 valence electrons. The first-order chi connectivity index (χ1) is 14.6. The molecule has 10 nitrogen and oxygen atoms in total. The van der Waals surface area contributed by atoms with Gasteiger partial charge in [-0.1, -0.05) is 13.1 Å². The standard InChI is InChI=1S/C20H2N10/c1-25-19-10(6-22)4-12-11-3-9(5-21)13(7-23)27-15(11)17-18(16(12)29-19)30-20(26-2)14(8-24)28-17/h3-4H. The number of rotatable bonds is 0. The van der Waals surface area contributed by atoms with Gasteiger partial charge in [-0.15, -0.1) is 9.97 Å². The van der Waals surface area contributed by atoms with Crippen LogP contribution in [0.25, 0.3) is 42.5 Å². The van der Waals surface area contributed by atoms with Gasteiger partial charge in [0, 0.05) is 10.8 Å². The molecule has 0 fully saturated rings. The van der Waals surface area contributed by atoms with Gasteiger partial charge in [-0.3, -0.25) is 0 Å². The smallest absolute Gasteiger partial charge is 0.307 e. The van der Waals surface area contributed by atoms with Gasteiger partial charge >= 0.3 is 5.82 Å². The van der Waals surface area contributed by atoms with Gasteiger partial charge in [-0.2, -0.15) is 21.0 Å². The number of nitrogens with zero attached hydrogens (tertiary/aromatic N) is 10. The van der Waals surface area contributed by atoms with Crippen LogP contribution in [0.15, 0.2) is 12.1 Å². The van der Waals surface area contributed by atoms with Gasteiger partial charge in [0.25, 0.3) is 5.82 Å². The molecule has 4 rings (SSSR count). The Morgan fingerprint density at radius 2 is 1.10 bits per heavy atom. The maximum Gasteiger partial charge on any atom is 0.307 e. The maximum absolute atomic E-state index is 9.38. The average Bonchev–Trinajstić information content (AvgIpc) is 2.81. The van der Waals surface area contributed by atoms with Crippen molar-refractivity contribution in [3.63, 3.8) is 0 Å². The normalized spacial score (nSPS) is 9.80. The van der Waals surface area contributed by atoms with Crippen molar-refractivity contribution >= 4 is 44.5 Å². The zero-order chi connectivity index (χ0) is 21.4. The zero-order valence-electron chi connectivity index (χ0n) is 14.6. The quantitative estimate of drug-likeness (QED) is 0.331. The summed E-state index contributed by atoms with van der Waals surface area (Å²) in [4.78, 5) is 23.3. The van der Waals surface area contributed by atoms with Crippen molar-refractivity contribution in [2.45, 2.75) is 0 Å². The van der Waals surface area contributed by atoms with E-state index in [9.17, 15) is 21.0 Å². The molecule has 10 heteroatoms. The summed E-state index contributed by atoms with van der Waals surface area (Å²) in [5, 5.41) is 38.1. The van der Waals surface area contributed by atoms with Gasteiger partial charge < -0.3 is 9.69 Å². The van der Waals surface area contributed by atoms with E-state index in [4.69, 9.17) is 13.1 Å². The molecule has 4 aromatic rings. The summed E-state index contributed by atoms with van der Waals surface area (Å²) >= 11 is 0. The summed E-state index contributed by atoms with van der Waals surface area (Å²) in [7, 11) is 0. The number of pyridine rings is 2. The zero-order valence-corrected chi connectivity index (χ0v) is 14.6. The minimum absolute atomic E-state index is 0.00431. The van der Waals surface area contributed by atoms with Crippen LogP contribution in [0.4, 0.5) is 11.6 Å². The van der Waals surface area contributed by atoms with E-state index in [0.717, 1.165) is 0 Å². The molecular weight excluding hydrogens is 380 g/mol. The fourth-order valence-corrected chi connectivity index (χ4v) is 3.04. The predicted octanol–water partition coefficient (Wildman–Crippen LogP) is 3.31. The second-order valence-corrected chi connectivity index (χ2v) is 5.80. The molecule has 0 aliphatic rings. The van der Waals surface area contributed by atoms with Crippen LogP contribution in [0.2, 0.25) is 0 Å². The van der Waals surface area contributed by atoms with Crippen molar-refractivity contribution in [2.75, 3.05) is 0 Å². The third-order valence-corrected chi connectivity index (χ3v) is 4.31. The van der Waals surface area contributed by atoms with Crippen molar-refractivity contribution in [1.82, 2.24) is 19.9 Å². The van der Waals surface area contributed by atoms with Crippen LogP contribution in [0.3, 0.4) is 0 Å². The minimum Gasteiger partial charge on any atom is -0.360 e. The van der Waals surface area contributed by atoms with E-state index < -0.39 is 0 Å². The highest BCUT2D eigenvalue weighted by atomic mass is 15.0. The highest BCUT2D eigenvalue weighted by Crippen LogP contribution is 2.36. The lowest BCUT2D eigenvalue weighted by atomic mass is 10.0. The van der Waals surface area contributed by atoms with Crippen LogP contribution in [-0.2, 0) is 0 Å². The first-order valence-corrected chi connectivity index (χ1v) is 7.98. The molecule has 0 N–H and O–H groups in total. The molecule has 0 aliphatic carbocycles. The van der Waals surface area contributed by atoms with Gasteiger partial charge in [-0.25, -0.2) is 9.97 Å². The van der Waals surface area contributed by atoms with E-state index in [1.54, 1.807) is 6.07 Å². The van der Waals surface area contributed by atoms with Crippen LogP contribution >= 0.6 is 0 Å². The lowest BCUT2D eigenvalue weighted by Crippen LogP contribution is -1.99. The van der Waals surface area contributed by atoms with E-state index in [-0.39, 0.29) is 56.2 Å². The van der Waals surface area contributed by atoms with Crippen molar-refractivity contribution in [3.8, 4) is 24.3 Å².